The molecule has 0 radical (unpaired) electrons. The fourth-order valence-corrected chi connectivity index (χ4v) is 4.88. The lowest BCUT2D eigenvalue weighted by atomic mass is 10.0. The number of phenols is 4. The van der Waals surface area contributed by atoms with Gasteiger partial charge in [0.15, 0.2) is 23.0 Å². The number of phenolic OH excluding ortho intramolecular Hbond substituents is 4. The van der Waals surface area contributed by atoms with E-state index in [2.05, 4.69) is 16.7 Å². The second kappa shape index (κ2) is 12.7. The fourth-order valence-electron chi connectivity index (χ4n) is 4.88. The van der Waals surface area contributed by atoms with Gasteiger partial charge in [0.05, 0.1) is 0 Å². The smallest absolute Gasteiger partial charge is 0.157 e. The predicted octanol–water partition coefficient (Wildman–Crippen LogP) is 4.64. The van der Waals surface area contributed by atoms with E-state index in [9.17, 15) is 20.4 Å². The van der Waals surface area contributed by atoms with Gasteiger partial charge in [-0.25, -0.2) is 0 Å². The molecule has 1 fully saturated rings. The average Bonchev–Trinajstić information content (AvgIpc) is 3.23. The van der Waals surface area contributed by atoms with Crippen LogP contribution in [-0.2, 0) is 12.8 Å². The van der Waals surface area contributed by atoms with Crippen molar-refractivity contribution in [3.05, 3.63) is 47.5 Å². The zero-order valence-corrected chi connectivity index (χ0v) is 19.9. The maximum absolute atomic E-state index is 9.76. The molecule has 0 bridgehead atoms. The summed E-state index contributed by atoms with van der Waals surface area (Å²) in [5, 5.41) is 38.5. The number of rotatable bonds is 13. The minimum absolute atomic E-state index is 0.0316. The molecular weight excluding hydrogens is 416 g/mol. The fraction of sp³-hybridized carbons (Fsp3) is 0.556. The topological polar surface area (TPSA) is 87.4 Å². The third-order valence-corrected chi connectivity index (χ3v) is 6.73. The van der Waals surface area contributed by atoms with Crippen molar-refractivity contribution in [3.63, 3.8) is 0 Å². The summed E-state index contributed by atoms with van der Waals surface area (Å²) in [6, 6.07) is 10.8. The quantitative estimate of drug-likeness (QED) is 0.259. The van der Waals surface area contributed by atoms with Crippen LogP contribution in [0.4, 0.5) is 0 Å². The van der Waals surface area contributed by atoms with E-state index in [0.29, 0.717) is 6.04 Å². The van der Waals surface area contributed by atoms with E-state index < -0.39 is 0 Å². The second-order valence-corrected chi connectivity index (χ2v) is 9.33. The Morgan fingerprint density at radius 2 is 1.52 bits per heavy atom. The maximum atomic E-state index is 9.76. The molecular formula is C27H40N2O4. The second-order valence-electron chi connectivity index (χ2n) is 9.33. The number of aromatic hydroxyl groups is 4. The molecule has 1 aliphatic rings. The minimum Gasteiger partial charge on any atom is -0.504 e. The number of nitrogens with zero attached hydrogens (tertiary/aromatic N) is 2. The zero-order valence-electron chi connectivity index (χ0n) is 19.9. The van der Waals surface area contributed by atoms with Gasteiger partial charge in [-0.2, -0.15) is 0 Å². The zero-order chi connectivity index (χ0) is 23.6. The average molecular weight is 457 g/mol. The highest BCUT2D eigenvalue weighted by atomic mass is 16.3. The van der Waals surface area contributed by atoms with Gasteiger partial charge in [-0.3, -0.25) is 0 Å². The van der Waals surface area contributed by atoms with E-state index in [1.165, 1.54) is 32.1 Å². The van der Waals surface area contributed by atoms with Crippen LogP contribution in [0.5, 0.6) is 23.0 Å². The van der Waals surface area contributed by atoms with E-state index in [0.717, 1.165) is 63.1 Å². The monoisotopic (exact) mass is 456 g/mol. The Hall–Kier alpha value is -2.44. The first-order chi connectivity index (χ1) is 16.0. The predicted molar refractivity (Wildman–Crippen MR) is 132 cm³/mol. The van der Waals surface area contributed by atoms with Crippen LogP contribution in [0, 0.1) is 0 Å². The van der Waals surface area contributed by atoms with Crippen molar-refractivity contribution in [2.24, 2.45) is 0 Å². The molecule has 6 heteroatoms. The Morgan fingerprint density at radius 1 is 0.818 bits per heavy atom. The first kappa shape index (κ1) is 25.2. The summed E-state index contributed by atoms with van der Waals surface area (Å²) < 4.78 is 0. The van der Waals surface area contributed by atoms with Crippen molar-refractivity contribution in [2.45, 2.75) is 64.3 Å². The molecule has 4 N–H and O–H groups in total. The highest BCUT2D eigenvalue weighted by Gasteiger charge is 2.24. The molecule has 0 aliphatic carbocycles. The Morgan fingerprint density at radius 3 is 2.21 bits per heavy atom. The molecule has 6 nitrogen and oxygen atoms in total. The molecule has 2 aromatic rings. The lowest BCUT2D eigenvalue weighted by Gasteiger charge is -2.25. The van der Waals surface area contributed by atoms with Crippen molar-refractivity contribution in [1.29, 1.82) is 0 Å². The molecule has 1 atom stereocenters. The molecule has 182 valence electrons. The van der Waals surface area contributed by atoms with Crippen LogP contribution in [0.2, 0.25) is 0 Å². The number of hydrogen-bond acceptors (Lipinski definition) is 6. The van der Waals surface area contributed by atoms with Crippen LogP contribution in [-0.4, -0.2) is 69.0 Å². The molecule has 0 spiro atoms. The first-order valence-corrected chi connectivity index (χ1v) is 12.4. The van der Waals surface area contributed by atoms with Gasteiger partial charge < -0.3 is 30.2 Å². The van der Waals surface area contributed by atoms with Crippen molar-refractivity contribution in [3.8, 4) is 23.0 Å². The lowest BCUT2D eigenvalue weighted by Crippen LogP contribution is -2.32. The van der Waals surface area contributed by atoms with Gasteiger partial charge in [0.2, 0.25) is 0 Å². The van der Waals surface area contributed by atoms with E-state index in [1.807, 2.05) is 12.1 Å². The molecule has 1 aliphatic heterocycles. The molecule has 2 aromatic carbocycles. The van der Waals surface area contributed by atoms with Gasteiger partial charge in [0.1, 0.15) is 0 Å². The summed E-state index contributed by atoms with van der Waals surface area (Å²) in [7, 11) is 0. The first-order valence-electron chi connectivity index (χ1n) is 12.4. The molecule has 1 heterocycles. The van der Waals surface area contributed by atoms with Crippen molar-refractivity contribution in [2.75, 3.05) is 32.7 Å². The molecule has 33 heavy (non-hydrogen) atoms. The number of unbranched alkanes of at least 4 members (excludes halogenated alkanes) is 2. The van der Waals surface area contributed by atoms with Gasteiger partial charge in [0, 0.05) is 12.6 Å². The van der Waals surface area contributed by atoms with Crippen LogP contribution < -0.4 is 0 Å². The van der Waals surface area contributed by atoms with Crippen LogP contribution in [0.1, 0.15) is 56.6 Å². The summed E-state index contributed by atoms with van der Waals surface area (Å²) >= 11 is 0. The summed E-state index contributed by atoms with van der Waals surface area (Å²) in [5.41, 5.74) is 2.13. The lowest BCUT2D eigenvalue weighted by molar-refractivity contribution is 0.238. The van der Waals surface area contributed by atoms with E-state index in [4.69, 9.17) is 0 Å². The number of hydrogen-bond donors (Lipinski definition) is 4. The van der Waals surface area contributed by atoms with Gasteiger partial charge >= 0.3 is 0 Å². The summed E-state index contributed by atoms with van der Waals surface area (Å²) in [5.74, 6) is -0.196. The van der Waals surface area contributed by atoms with E-state index in [-0.39, 0.29) is 23.0 Å². The molecule has 0 unspecified atom stereocenters. The van der Waals surface area contributed by atoms with Gasteiger partial charge in [-0.15, -0.1) is 0 Å². The number of benzene rings is 2. The Kier molecular flexibility index (Phi) is 9.70. The van der Waals surface area contributed by atoms with Gasteiger partial charge in [-0.05, 0) is 107 Å². The molecule has 1 saturated heterocycles. The minimum atomic E-state index is -0.0642. The van der Waals surface area contributed by atoms with E-state index >= 15 is 0 Å². The summed E-state index contributed by atoms with van der Waals surface area (Å²) in [6.07, 6.45) is 8.94. The van der Waals surface area contributed by atoms with Crippen LogP contribution in [0.15, 0.2) is 36.4 Å². The molecule has 3 rings (SSSR count). The normalized spacial score (nSPS) is 16.6. The third kappa shape index (κ3) is 7.83. The summed E-state index contributed by atoms with van der Waals surface area (Å²) in [6.45, 7) is 7.61. The largest absolute Gasteiger partial charge is 0.504 e. The summed E-state index contributed by atoms with van der Waals surface area (Å²) in [4.78, 5) is 5.09. The van der Waals surface area contributed by atoms with Crippen molar-refractivity contribution >= 4 is 0 Å². The molecule has 0 amide bonds. The molecule has 0 aromatic heterocycles. The Labute approximate surface area is 198 Å². The number of likely N-dealkylation sites (tertiary alicyclic amines) is 1. The van der Waals surface area contributed by atoms with Gasteiger partial charge in [-0.1, -0.05) is 25.5 Å². The van der Waals surface area contributed by atoms with Crippen molar-refractivity contribution in [1.82, 2.24) is 9.80 Å². The Bertz CT molecular complexity index is 873. The van der Waals surface area contributed by atoms with Crippen LogP contribution in [0.25, 0.3) is 0 Å². The Balaban J connectivity index is 1.36. The highest BCUT2D eigenvalue weighted by molar-refractivity contribution is 5.41. The van der Waals surface area contributed by atoms with E-state index in [1.54, 1.807) is 24.3 Å². The van der Waals surface area contributed by atoms with Crippen LogP contribution >= 0.6 is 0 Å². The van der Waals surface area contributed by atoms with Crippen LogP contribution in [0.3, 0.4) is 0 Å². The maximum Gasteiger partial charge on any atom is 0.157 e. The van der Waals surface area contributed by atoms with Gasteiger partial charge in [0.25, 0.3) is 0 Å². The standard InChI is InChI=1S/C27H40N2O4/c1-2-13-28(17-12-21-8-10-24(30)26(32)19-21)14-4-3-5-15-29-16-6-7-23(29)18-22-9-11-25(31)27(33)20-22/h8-11,19-20,23,30-33H,2-7,12-18H2,1H3/t23-/m0/s1. The SMILES string of the molecule is CCCN(CCCCCN1CCC[C@H]1Cc1ccc(O)c(O)c1)CCc1ccc(O)c(O)c1. The highest BCUT2D eigenvalue weighted by Crippen LogP contribution is 2.28. The van der Waals surface area contributed by atoms with Crippen molar-refractivity contribution < 1.29 is 20.4 Å². The third-order valence-electron chi connectivity index (χ3n) is 6.73. The molecule has 0 saturated carbocycles.